The minimum absolute atomic E-state index is 0.178. The second-order valence-corrected chi connectivity index (χ2v) is 9.11. The van der Waals surface area contributed by atoms with Crippen LogP contribution < -0.4 is 24.4 Å². The molecular formula is C33H28N2O6. The summed E-state index contributed by atoms with van der Waals surface area (Å²) in [5, 5.41) is 2.24. The first-order valence-electron chi connectivity index (χ1n) is 13.1. The number of barbiturate groups is 1. The Morgan fingerprint density at radius 3 is 2.10 bits per heavy atom. The topological polar surface area (TPSA) is 94.2 Å². The van der Waals surface area contributed by atoms with Crippen molar-refractivity contribution in [2.75, 3.05) is 11.5 Å². The highest BCUT2D eigenvalue weighted by Gasteiger charge is 2.36. The van der Waals surface area contributed by atoms with Gasteiger partial charge in [-0.1, -0.05) is 72.8 Å². The number of imide groups is 2. The van der Waals surface area contributed by atoms with Crippen molar-refractivity contribution in [3.05, 3.63) is 125 Å². The van der Waals surface area contributed by atoms with Gasteiger partial charge < -0.3 is 14.2 Å². The minimum Gasteiger partial charge on any atom is -0.490 e. The number of nitrogens with zero attached hydrogens (tertiary/aromatic N) is 1. The smallest absolute Gasteiger partial charge is 0.335 e. The molecule has 8 nitrogen and oxygen atoms in total. The van der Waals surface area contributed by atoms with Gasteiger partial charge in [0.05, 0.1) is 12.3 Å². The molecule has 0 unspecified atom stereocenters. The predicted molar refractivity (Wildman–Crippen MR) is 155 cm³/mol. The summed E-state index contributed by atoms with van der Waals surface area (Å²) in [5.41, 5.74) is 2.59. The van der Waals surface area contributed by atoms with Gasteiger partial charge >= 0.3 is 6.03 Å². The Morgan fingerprint density at radius 2 is 1.34 bits per heavy atom. The molecule has 206 valence electrons. The van der Waals surface area contributed by atoms with Crippen LogP contribution in [0.4, 0.5) is 10.5 Å². The van der Waals surface area contributed by atoms with Crippen molar-refractivity contribution in [2.24, 2.45) is 0 Å². The van der Waals surface area contributed by atoms with Crippen molar-refractivity contribution in [2.45, 2.75) is 20.1 Å². The molecule has 5 rings (SSSR count). The van der Waals surface area contributed by atoms with Crippen molar-refractivity contribution in [3.63, 3.8) is 0 Å². The summed E-state index contributed by atoms with van der Waals surface area (Å²) >= 11 is 0. The number of hydrogen-bond acceptors (Lipinski definition) is 6. The average Bonchev–Trinajstić information content (AvgIpc) is 2.99. The Morgan fingerprint density at radius 1 is 0.683 bits per heavy atom. The molecule has 0 spiro atoms. The third-order valence-corrected chi connectivity index (χ3v) is 6.27. The van der Waals surface area contributed by atoms with E-state index in [1.165, 1.54) is 6.08 Å². The second kappa shape index (κ2) is 12.7. The van der Waals surface area contributed by atoms with Crippen LogP contribution in [0, 0.1) is 0 Å². The van der Waals surface area contributed by atoms with Gasteiger partial charge in [0, 0.05) is 5.56 Å². The van der Waals surface area contributed by atoms with E-state index in [1.54, 1.807) is 54.6 Å². The van der Waals surface area contributed by atoms with E-state index < -0.39 is 17.8 Å². The normalized spacial score (nSPS) is 14.1. The molecule has 4 amide bonds. The lowest BCUT2D eigenvalue weighted by Crippen LogP contribution is -2.54. The van der Waals surface area contributed by atoms with Gasteiger partial charge in [0.25, 0.3) is 11.8 Å². The van der Waals surface area contributed by atoms with Crippen LogP contribution in [0.5, 0.6) is 17.2 Å². The first-order chi connectivity index (χ1) is 20.0. The monoisotopic (exact) mass is 548 g/mol. The third kappa shape index (κ3) is 6.45. The van der Waals surface area contributed by atoms with E-state index in [0.717, 1.165) is 16.0 Å². The molecule has 4 aromatic rings. The fourth-order valence-corrected chi connectivity index (χ4v) is 4.28. The van der Waals surface area contributed by atoms with Crippen molar-refractivity contribution in [1.29, 1.82) is 0 Å². The van der Waals surface area contributed by atoms with Gasteiger partial charge in [-0.25, -0.2) is 9.69 Å². The van der Waals surface area contributed by atoms with E-state index in [1.807, 2.05) is 55.5 Å². The number of hydrogen-bond donors (Lipinski definition) is 1. The molecular weight excluding hydrogens is 520 g/mol. The van der Waals surface area contributed by atoms with E-state index in [4.69, 9.17) is 14.2 Å². The van der Waals surface area contributed by atoms with Crippen molar-refractivity contribution in [3.8, 4) is 17.2 Å². The molecule has 1 N–H and O–H groups in total. The molecule has 1 saturated heterocycles. The average molecular weight is 549 g/mol. The van der Waals surface area contributed by atoms with E-state index in [9.17, 15) is 14.4 Å². The van der Waals surface area contributed by atoms with Crippen LogP contribution in [0.2, 0.25) is 0 Å². The van der Waals surface area contributed by atoms with Crippen LogP contribution in [-0.2, 0) is 22.8 Å². The number of ether oxygens (including phenoxy) is 3. The molecule has 1 fully saturated rings. The third-order valence-electron chi connectivity index (χ3n) is 6.27. The standard InChI is InChI=1S/C33H28N2O6/c1-2-39-30-19-24(17-18-29(30)41-21-23-11-5-3-6-12-23)22-40-28-16-10-9-13-25(28)20-27-31(36)34-33(38)35(32(27)37)26-14-7-4-8-15-26/h3-20H,2,21-22H2,1H3,(H,34,36,38)/b27-20-. The molecule has 0 radical (unpaired) electrons. The number of nitrogens with one attached hydrogen (secondary N) is 1. The number of para-hydroxylation sites is 2. The van der Waals surface area contributed by atoms with Crippen LogP contribution in [0.25, 0.3) is 6.08 Å². The van der Waals surface area contributed by atoms with Gasteiger partial charge in [-0.2, -0.15) is 0 Å². The molecule has 0 aliphatic carbocycles. The maximum Gasteiger partial charge on any atom is 0.335 e. The summed E-state index contributed by atoms with van der Waals surface area (Å²) in [6.45, 7) is 3.00. The van der Waals surface area contributed by atoms with Gasteiger partial charge in [-0.15, -0.1) is 0 Å². The molecule has 8 heteroatoms. The highest BCUT2D eigenvalue weighted by Crippen LogP contribution is 2.31. The molecule has 41 heavy (non-hydrogen) atoms. The molecule has 0 aromatic heterocycles. The number of carbonyl (C=O) groups excluding carboxylic acids is 3. The number of anilines is 1. The number of amides is 4. The molecule has 0 bridgehead atoms. The van der Waals surface area contributed by atoms with Gasteiger partial charge in [0.15, 0.2) is 11.5 Å². The Kier molecular flexibility index (Phi) is 8.40. The lowest BCUT2D eigenvalue weighted by molar-refractivity contribution is -0.122. The van der Waals surface area contributed by atoms with Crippen LogP contribution in [0.1, 0.15) is 23.6 Å². The number of rotatable bonds is 10. The summed E-state index contributed by atoms with van der Waals surface area (Å²) in [6.07, 6.45) is 1.43. The van der Waals surface area contributed by atoms with E-state index in [0.29, 0.717) is 41.7 Å². The quantitative estimate of drug-likeness (QED) is 0.196. The Labute approximate surface area is 237 Å². The van der Waals surface area contributed by atoms with Crippen molar-refractivity contribution < 1.29 is 28.6 Å². The summed E-state index contributed by atoms with van der Waals surface area (Å²) in [5.74, 6) is 0.215. The van der Waals surface area contributed by atoms with E-state index in [2.05, 4.69) is 5.32 Å². The second-order valence-electron chi connectivity index (χ2n) is 9.11. The first-order valence-corrected chi connectivity index (χ1v) is 13.1. The molecule has 0 atom stereocenters. The maximum absolute atomic E-state index is 13.2. The fraction of sp³-hybridized carbons (Fsp3) is 0.121. The van der Waals surface area contributed by atoms with Crippen LogP contribution in [0.15, 0.2) is 109 Å². The van der Waals surface area contributed by atoms with Gasteiger partial charge in [0.1, 0.15) is 24.5 Å². The molecule has 1 heterocycles. The summed E-state index contributed by atoms with van der Waals surface area (Å²) in [7, 11) is 0. The number of benzene rings is 4. The number of urea groups is 1. The molecule has 4 aromatic carbocycles. The lowest BCUT2D eigenvalue weighted by atomic mass is 10.1. The van der Waals surface area contributed by atoms with E-state index in [-0.39, 0.29) is 12.2 Å². The zero-order valence-electron chi connectivity index (χ0n) is 22.4. The number of carbonyl (C=O) groups is 3. The predicted octanol–water partition coefficient (Wildman–Crippen LogP) is 5.91. The summed E-state index contributed by atoms with van der Waals surface area (Å²) < 4.78 is 17.9. The molecule has 0 saturated carbocycles. The minimum atomic E-state index is -0.797. The van der Waals surface area contributed by atoms with Gasteiger partial charge in [-0.05, 0) is 54.5 Å². The molecule has 1 aliphatic heterocycles. The fourth-order valence-electron chi connectivity index (χ4n) is 4.28. The maximum atomic E-state index is 13.2. The van der Waals surface area contributed by atoms with E-state index >= 15 is 0 Å². The highest BCUT2D eigenvalue weighted by molar-refractivity contribution is 6.39. The summed E-state index contributed by atoms with van der Waals surface area (Å²) in [6, 6.07) is 30.2. The van der Waals surface area contributed by atoms with Gasteiger partial charge in [0.2, 0.25) is 0 Å². The summed E-state index contributed by atoms with van der Waals surface area (Å²) in [4.78, 5) is 39.3. The van der Waals surface area contributed by atoms with Gasteiger partial charge in [-0.3, -0.25) is 14.9 Å². The van der Waals surface area contributed by atoms with Crippen LogP contribution in [0.3, 0.4) is 0 Å². The lowest BCUT2D eigenvalue weighted by Gasteiger charge is -2.26. The highest BCUT2D eigenvalue weighted by atomic mass is 16.5. The van der Waals surface area contributed by atoms with Crippen LogP contribution in [-0.4, -0.2) is 24.5 Å². The van der Waals surface area contributed by atoms with Crippen molar-refractivity contribution >= 4 is 29.6 Å². The Bertz CT molecular complexity index is 1580. The largest absolute Gasteiger partial charge is 0.490 e. The Hall–Kier alpha value is -5.37. The first kappa shape index (κ1) is 27.2. The van der Waals surface area contributed by atoms with Crippen molar-refractivity contribution in [1.82, 2.24) is 5.32 Å². The molecule has 1 aliphatic rings. The zero-order chi connectivity index (χ0) is 28.6. The zero-order valence-corrected chi connectivity index (χ0v) is 22.4. The van der Waals surface area contributed by atoms with Crippen LogP contribution >= 0.6 is 0 Å². The Balaban J connectivity index is 1.34. The SMILES string of the molecule is CCOc1cc(COc2ccccc2/C=C2/C(=O)NC(=O)N(c3ccccc3)C2=O)ccc1OCc1ccccc1.